The number of anilines is 1. The number of amidine groups is 1. The van der Waals surface area contributed by atoms with Crippen molar-refractivity contribution in [3.05, 3.63) is 59.3 Å². The van der Waals surface area contributed by atoms with Gasteiger partial charge in [0.05, 0.1) is 14.2 Å². The first-order valence-electron chi connectivity index (χ1n) is 8.13. The second-order valence-corrected chi connectivity index (χ2v) is 6.00. The molecule has 0 atom stereocenters. The molecule has 0 unspecified atom stereocenters. The van der Waals surface area contributed by atoms with Gasteiger partial charge < -0.3 is 19.7 Å². The van der Waals surface area contributed by atoms with Gasteiger partial charge in [-0.15, -0.1) is 0 Å². The monoisotopic (exact) mass is 351 g/mol. The predicted octanol–water partition coefficient (Wildman–Crippen LogP) is 2.69. The molecule has 1 amide bonds. The summed E-state index contributed by atoms with van der Waals surface area (Å²) in [6.45, 7) is 0. The first-order valence-corrected chi connectivity index (χ1v) is 8.13. The number of methoxy groups -OCH3 is 2. The number of benzene rings is 2. The number of hydrogen-bond donors (Lipinski definition) is 1. The molecule has 0 aromatic heterocycles. The quantitative estimate of drug-likeness (QED) is 0.842. The van der Waals surface area contributed by atoms with Crippen molar-refractivity contribution in [2.24, 2.45) is 4.99 Å². The summed E-state index contributed by atoms with van der Waals surface area (Å²) in [5, 5.41) is 2.80. The number of nitrogens with one attached hydrogen (secondary N) is 1. The molecule has 0 bridgehead atoms. The molecule has 2 aromatic carbocycles. The van der Waals surface area contributed by atoms with Crippen molar-refractivity contribution in [3.63, 3.8) is 0 Å². The summed E-state index contributed by atoms with van der Waals surface area (Å²) < 4.78 is 10.5. The molecule has 1 N–H and O–H groups in total. The summed E-state index contributed by atoms with van der Waals surface area (Å²) in [5.74, 6) is 1.47. The molecule has 0 saturated carbocycles. The molecule has 1 aliphatic rings. The molecule has 2 aromatic rings. The standard InChI is InChI=1S/C20H21N3O3/c1-23(2)15-8-5-13(6-9-15)11-16-20(24)22-19(21-16)14-7-10-17(25-3)18(12-14)26-4/h5-12H,1-4H3,(H,21,22,24)/b16-11+. The highest BCUT2D eigenvalue weighted by Crippen LogP contribution is 2.28. The molecule has 0 saturated heterocycles. The molecule has 6 heteroatoms. The highest BCUT2D eigenvalue weighted by molar-refractivity contribution is 6.19. The van der Waals surface area contributed by atoms with Gasteiger partial charge in [0.15, 0.2) is 11.5 Å². The average Bonchev–Trinajstić information content (AvgIpc) is 3.02. The number of hydrogen-bond acceptors (Lipinski definition) is 5. The van der Waals surface area contributed by atoms with Crippen LogP contribution in [0.5, 0.6) is 11.5 Å². The van der Waals surface area contributed by atoms with Gasteiger partial charge in [0.2, 0.25) is 0 Å². The summed E-state index contributed by atoms with van der Waals surface area (Å²) in [4.78, 5) is 18.7. The number of carbonyl (C=O) groups is 1. The van der Waals surface area contributed by atoms with Gasteiger partial charge in [-0.05, 0) is 42.0 Å². The SMILES string of the molecule is COc1ccc(C2=N/C(=C/c3ccc(N(C)C)cc3)C(=O)N2)cc1OC. The van der Waals surface area contributed by atoms with Crippen molar-refractivity contribution >= 4 is 23.5 Å². The van der Waals surface area contributed by atoms with Crippen molar-refractivity contribution in [2.45, 2.75) is 0 Å². The van der Waals surface area contributed by atoms with Crippen molar-refractivity contribution in [1.82, 2.24) is 5.32 Å². The van der Waals surface area contributed by atoms with Crippen LogP contribution in [-0.4, -0.2) is 40.1 Å². The lowest BCUT2D eigenvalue weighted by Gasteiger charge is -2.11. The van der Waals surface area contributed by atoms with Gasteiger partial charge in [-0.3, -0.25) is 4.79 Å². The Morgan fingerprint density at radius 2 is 1.69 bits per heavy atom. The largest absolute Gasteiger partial charge is 0.493 e. The Morgan fingerprint density at radius 3 is 2.31 bits per heavy atom. The fraction of sp³-hybridized carbons (Fsp3) is 0.200. The molecular formula is C20H21N3O3. The van der Waals surface area contributed by atoms with Crippen LogP contribution in [0.1, 0.15) is 11.1 Å². The van der Waals surface area contributed by atoms with Crippen LogP contribution < -0.4 is 19.7 Å². The number of carbonyl (C=O) groups excluding carboxylic acids is 1. The second kappa shape index (κ2) is 7.31. The number of ether oxygens (including phenoxy) is 2. The van der Waals surface area contributed by atoms with Crippen molar-refractivity contribution in [1.29, 1.82) is 0 Å². The number of rotatable bonds is 5. The smallest absolute Gasteiger partial charge is 0.275 e. The summed E-state index contributed by atoms with van der Waals surface area (Å²) in [6.07, 6.45) is 1.77. The van der Waals surface area contributed by atoms with Gasteiger partial charge in [0.25, 0.3) is 5.91 Å². The molecule has 3 rings (SSSR count). The Bertz CT molecular complexity index is 884. The zero-order chi connectivity index (χ0) is 18.7. The van der Waals surface area contributed by atoms with E-state index in [4.69, 9.17) is 9.47 Å². The van der Waals surface area contributed by atoms with Gasteiger partial charge >= 0.3 is 0 Å². The van der Waals surface area contributed by atoms with E-state index in [0.29, 0.717) is 23.0 Å². The Kier molecular flexibility index (Phi) is 4.93. The lowest BCUT2D eigenvalue weighted by Crippen LogP contribution is -2.24. The van der Waals surface area contributed by atoms with Gasteiger partial charge in [-0.2, -0.15) is 0 Å². The van der Waals surface area contributed by atoms with Crippen LogP contribution in [0.3, 0.4) is 0 Å². The van der Waals surface area contributed by atoms with Gasteiger partial charge in [-0.1, -0.05) is 12.1 Å². The summed E-state index contributed by atoms with van der Waals surface area (Å²) >= 11 is 0. The lowest BCUT2D eigenvalue weighted by molar-refractivity contribution is -0.115. The minimum Gasteiger partial charge on any atom is -0.493 e. The Balaban J connectivity index is 1.89. The van der Waals surface area contributed by atoms with Crippen LogP contribution in [0.2, 0.25) is 0 Å². The number of nitrogens with zero attached hydrogens (tertiary/aromatic N) is 2. The van der Waals surface area contributed by atoms with Crippen LogP contribution in [0, 0.1) is 0 Å². The third kappa shape index (κ3) is 3.54. The van der Waals surface area contributed by atoms with E-state index >= 15 is 0 Å². The lowest BCUT2D eigenvalue weighted by atomic mass is 10.1. The molecule has 0 spiro atoms. The van der Waals surface area contributed by atoms with Crippen molar-refractivity contribution in [3.8, 4) is 11.5 Å². The zero-order valence-corrected chi connectivity index (χ0v) is 15.2. The number of amides is 1. The van der Waals surface area contributed by atoms with Crippen LogP contribution in [0.15, 0.2) is 53.2 Å². The average molecular weight is 351 g/mol. The first-order chi connectivity index (χ1) is 12.5. The third-order valence-electron chi connectivity index (χ3n) is 4.07. The van der Waals surface area contributed by atoms with Crippen LogP contribution in [0.25, 0.3) is 6.08 Å². The topological polar surface area (TPSA) is 63.2 Å². The van der Waals surface area contributed by atoms with Crippen molar-refractivity contribution in [2.75, 3.05) is 33.2 Å². The third-order valence-corrected chi connectivity index (χ3v) is 4.07. The van der Waals surface area contributed by atoms with E-state index in [1.165, 1.54) is 0 Å². The second-order valence-electron chi connectivity index (χ2n) is 6.00. The van der Waals surface area contributed by atoms with Crippen LogP contribution >= 0.6 is 0 Å². The maximum absolute atomic E-state index is 12.3. The predicted molar refractivity (Wildman–Crippen MR) is 103 cm³/mol. The molecule has 26 heavy (non-hydrogen) atoms. The molecule has 1 heterocycles. The minimum atomic E-state index is -0.230. The molecule has 0 aliphatic carbocycles. The van der Waals surface area contributed by atoms with Crippen LogP contribution in [-0.2, 0) is 4.79 Å². The minimum absolute atomic E-state index is 0.230. The van der Waals surface area contributed by atoms with Gasteiger partial charge in [0.1, 0.15) is 11.5 Å². The molecule has 1 aliphatic heterocycles. The number of aliphatic imine (C=N–C) groups is 1. The van der Waals surface area contributed by atoms with Gasteiger partial charge in [0, 0.05) is 25.3 Å². The molecule has 6 nitrogen and oxygen atoms in total. The highest BCUT2D eigenvalue weighted by Gasteiger charge is 2.22. The molecule has 134 valence electrons. The van der Waals surface area contributed by atoms with E-state index in [2.05, 4.69) is 10.3 Å². The van der Waals surface area contributed by atoms with E-state index in [1.807, 2.05) is 49.3 Å². The zero-order valence-electron chi connectivity index (χ0n) is 15.2. The maximum Gasteiger partial charge on any atom is 0.275 e. The van der Waals surface area contributed by atoms with E-state index in [-0.39, 0.29) is 5.91 Å². The van der Waals surface area contributed by atoms with Crippen LogP contribution in [0.4, 0.5) is 5.69 Å². The fourth-order valence-corrected chi connectivity index (χ4v) is 2.62. The fourth-order valence-electron chi connectivity index (χ4n) is 2.62. The summed E-state index contributed by atoms with van der Waals surface area (Å²) in [6, 6.07) is 13.3. The Labute approximate surface area is 152 Å². The Hall–Kier alpha value is -3.28. The molecule has 0 fully saturated rings. The molecular weight excluding hydrogens is 330 g/mol. The maximum atomic E-state index is 12.3. The Morgan fingerprint density at radius 1 is 1.00 bits per heavy atom. The van der Waals surface area contributed by atoms with Crippen molar-refractivity contribution < 1.29 is 14.3 Å². The van der Waals surface area contributed by atoms with E-state index in [0.717, 1.165) is 16.8 Å². The molecule has 0 radical (unpaired) electrons. The first kappa shape index (κ1) is 17.5. The van der Waals surface area contributed by atoms with E-state index < -0.39 is 0 Å². The van der Waals surface area contributed by atoms with Gasteiger partial charge in [-0.25, -0.2) is 4.99 Å². The summed E-state index contributed by atoms with van der Waals surface area (Å²) in [7, 11) is 7.11. The van der Waals surface area contributed by atoms with E-state index in [9.17, 15) is 4.79 Å². The highest BCUT2D eigenvalue weighted by atomic mass is 16.5. The normalized spacial score (nSPS) is 14.8. The van der Waals surface area contributed by atoms with E-state index in [1.54, 1.807) is 32.4 Å². The summed E-state index contributed by atoms with van der Waals surface area (Å²) in [5.41, 5.74) is 3.13.